The molecule has 0 aliphatic heterocycles. The number of alkyl halides is 6. The summed E-state index contributed by atoms with van der Waals surface area (Å²) in [5.41, 5.74) is 3.35. The molecular formula is C54H39Cl3F6N2O10. The normalized spacial score (nSPS) is 12.7. The monoisotopic (exact) mass is 1090 g/mol. The van der Waals surface area contributed by atoms with Crippen LogP contribution in [0.5, 0.6) is 23.0 Å². The topological polar surface area (TPSA) is 156 Å². The first-order valence-corrected chi connectivity index (χ1v) is 23.5. The zero-order valence-corrected chi connectivity index (χ0v) is 41.8. The van der Waals surface area contributed by atoms with E-state index in [0.29, 0.717) is 33.6 Å². The molecule has 2 aromatic heterocycles. The van der Waals surface area contributed by atoms with Crippen molar-refractivity contribution in [3.8, 4) is 34.1 Å². The number of nitrogens with zero attached hydrogens (tertiary/aromatic N) is 2. The molecule has 2 unspecified atom stereocenters. The van der Waals surface area contributed by atoms with Crippen LogP contribution in [0.1, 0.15) is 68.2 Å². The van der Waals surface area contributed by atoms with Crippen molar-refractivity contribution in [1.82, 2.24) is 9.13 Å². The number of fused-ring (bicyclic) bond motifs is 2. The average Bonchev–Trinajstić information content (AvgIpc) is 3.74. The molecule has 0 saturated carbocycles. The van der Waals surface area contributed by atoms with E-state index >= 15 is 0 Å². The number of halogens is 9. The molecule has 8 aromatic rings. The van der Waals surface area contributed by atoms with Crippen LogP contribution < -0.4 is 18.9 Å². The third kappa shape index (κ3) is 11.8. The number of benzene rings is 6. The SMILES string of the molecule is Cc1c(Cc2cccc(OC(C)C(=O)O)c2)c2cc(OC(F)(F)F)ccc2n1C(=O)c1ccc(Cl)c(-c2cc(Cc3c(C)n(C(=O)c4ccc(Cl)cc4Cl)c4ccc(OC(F)(F)F)cc34)cc(OC(C)C(=O)O)c2)c1. The molecule has 0 aliphatic rings. The van der Waals surface area contributed by atoms with Crippen molar-refractivity contribution in [1.29, 1.82) is 0 Å². The lowest BCUT2D eigenvalue weighted by atomic mass is 9.96. The highest BCUT2D eigenvalue weighted by molar-refractivity contribution is 6.37. The molecule has 0 aliphatic carbocycles. The molecule has 21 heteroatoms. The maximum absolute atomic E-state index is 14.9. The molecule has 0 radical (unpaired) electrons. The van der Waals surface area contributed by atoms with Crippen molar-refractivity contribution >= 4 is 80.4 Å². The molecule has 0 bridgehead atoms. The molecular weight excluding hydrogens is 1060 g/mol. The van der Waals surface area contributed by atoms with Gasteiger partial charge < -0.3 is 29.2 Å². The molecule has 8 rings (SSSR count). The number of aliphatic carboxylic acids is 2. The molecule has 0 amide bonds. The van der Waals surface area contributed by atoms with Gasteiger partial charge in [0.05, 0.1) is 21.6 Å². The lowest BCUT2D eigenvalue weighted by Crippen LogP contribution is -2.22. The Hall–Kier alpha value is -7.67. The van der Waals surface area contributed by atoms with E-state index in [4.69, 9.17) is 44.3 Å². The minimum atomic E-state index is -5.06. The molecule has 6 aromatic carbocycles. The predicted molar refractivity (Wildman–Crippen MR) is 267 cm³/mol. The number of hydrogen-bond donors (Lipinski definition) is 2. The fraction of sp³-hybridized carbons (Fsp3) is 0.185. The highest BCUT2D eigenvalue weighted by Crippen LogP contribution is 2.40. The van der Waals surface area contributed by atoms with Crippen LogP contribution in [-0.2, 0) is 22.4 Å². The van der Waals surface area contributed by atoms with Crippen LogP contribution in [-0.4, -0.2) is 68.0 Å². The van der Waals surface area contributed by atoms with Gasteiger partial charge in [-0.25, -0.2) is 9.59 Å². The van der Waals surface area contributed by atoms with Crippen LogP contribution in [0.25, 0.3) is 32.9 Å². The summed E-state index contributed by atoms with van der Waals surface area (Å²) in [6.07, 6.45) is -12.8. The third-order valence-corrected chi connectivity index (χ3v) is 13.0. The maximum Gasteiger partial charge on any atom is 0.573 e. The van der Waals surface area contributed by atoms with Crippen molar-refractivity contribution in [2.75, 3.05) is 0 Å². The summed E-state index contributed by atoms with van der Waals surface area (Å²) in [6, 6.07) is 26.6. The van der Waals surface area contributed by atoms with Crippen LogP contribution in [0.2, 0.25) is 15.1 Å². The third-order valence-electron chi connectivity index (χ3n) is 12.1. The van der Waals surface area contributed by atoms with Gasteiger partial charge in [-0.1, -0.05) is 53.0 Å². The zero-order chi connectivity index (χ0) is 54.4. The summed E-state index contributed by atoms with van der Waals surface area (Å²) in [4.78, 5) is 52.7. The van der Waals surface area contributed by atoms with E-state index in [1.807, 2.05) is 0 Å². The Kier molecular flexibility index (Phi) is 15.0. The number of aromatic nitrogens is 2. The van der Waals surface area contributed by atoms with Gasteiger partial charge in [-0.05, 0) is 165 Å². The molecule has 0 spiro atoms. The van der Waals surface area contributed by atoms with Crippen molar-refractivity contribution < 1.29 is 74.7 Å². The van der Waals surface area contributed by atoms with E-state index in [9.17, 15) is 55.7 Å². The Labute approximate surface area is 437 Å². The fourth-order valence-electron chi connectivity index (χ4n) is 8.71. The first kappa shape index (κ1) is 53.6. The Morgan fingerprint density at radius 2 is 1.09 bits per heavy atom. The fourth-order valence-corrected chi connectivity index (χ4v) is 9.43. The van der Waals surface area contributed by atoms with Gasteiger partial charge >= 0.3 is 24.7 Å². The lowest BCUT2D eigenvalue weighted by Gasteiger charge is -2.16. The predicted octanol–water partition coefficient (Wildman–Crippen LogP) is 13.9. The van der Waals surface area contributed by atoms with E-state index in [2.05, 4.69) is 9.47 Å². The number of carbonyl (C=O) groups is 4. The molecule has 75 heavy (non-hydrogen) atoms. The highest BCUT2D eigenvalue weighted by Gasteiger charge is 2.33. The number of carbonyl (C=O) groups excluding carboxylic acids is 2. The first-order valence-electron chi connectivity index (χ1n) is 22.4. The van der Waals surface area contributed by atoms with Gasteiger partial charge in [0.2, 0.25) is 0 Å². The molecule has 2 heterocycles. The van der Waals surface area contributed by atoms with Crippen LogP contribution in [0.4, 0.5) is 26.3 Å². The van der Waals surface area contributed by atoms with Gasteiger partial charge in [0.25, 0.3) is 11.8 Å². The van der Waals surface area contributed by atoms with Crippen molar-refractivity contribution in [3.63, 3.8) is 0 Å². The van der Waals surface area contributed by atoms with Gasteiger partial charge in [-0.2, -0.15) is 0 Å². The average molecular weight is 1100 g/mol. The number of carboxylic acid groups (broad SMARTS) is 2. The Morgan fingerprint density at radius 1 is 0.560 bits per heavy atom. The second-order valence-electron chi connectivity index (χ2n) is 17.2. The number of carboxylic acids is 2. The minimum absolute atomic E-state index is 0.0114. The molecule has 12 nitrogen and oxygen atoms in total. The van der Waals surface area contributed by atoms with E-state index < -0.39 is 60.2 Å². The van der Waals surface area contributed by atoms with E-state index in [-0.39, 0.29) is 83.5 Å². The van der Waals surface area contributed by atoms with Crippen molar-refractivity contribution in [2.45, 2.75) is 65.5 Å². The van der Waals surface area contributed by atoms with Gasteiger partial charge in [0.15, 0.2) is 12.2 Å². The van der Waals surface area contributed by atoms with E-state index in [1.165, 1.54) is 83.6 Å². The molecule has 0 saturated heterocycles. The number of rotatable bonds is 15. The van der Waals surface area contributed by atoms with Crippen LogP contribution in [0, 0.1) is 13.8 Å². The van der Waals surface area contributed by atoms with E-state index in [1.54, 1.807) is 44.2 Å². The maximum atomic E-state index is 14.9. The second-order valence-corrected chi connectivity index (χ2v) is 18.5. The van der Waals surface area contributed by atoms with Gasteiger partial charge in [0, 0.05) is 43.3 Å². The first-order chi connectivity index (χ1) is 35.2. The number of ether oxygens (including phenoxy) is 4. The minimum Gasteiger partial charge on any atom is -0.479 e. The van der Waals surface area contributed by atoms with Gasteiger partial charge in [0.1, 0.15) is 23.0 Å². The standard InChI is InChI=1S/C54H39Cl3F6N2O10/c1-26-40(19-30-6-5-7-35(17-30)72-28(3)51(68)69)43-24-36(74-53(58,59)60)10-14-47(43)64(26)49(66)32-8-13-45(56)42(22-32)33-16-31(18-38(21-33)73-29(4)52(70)71)20-41-27(2)65(50(67)39-12-9-34(55)23-46(39)57)48-15-11-37(25-44(41)48)75-54(61,62)63/h5-18,21-25,28-29H,19-20H2,1-4H3,(H,68,69)(H,70,71). The zero-order valence-electron chi connectivity index (χ0n) is 39.5. The number of hydrogen-bond acceptors (Lipinski definition) is 8. The summed E-state index contributed by atoms with van der Waals surface area (Å²) < 4.78 is 104. The van der Waals surface area contributed by atoms with Crippen molar-refractivity contribution in [2.24, 2.45) is 0 Å². The molecule has 2 N–H and O–H groups in total. The highest BCUT2D eigenvalue weighted by atomic mass is 35.5. The molecule has 2 atom stereocenters. The van der Waals surface area contributed by atoms with Gasteiger partial charge in [-0.3, -0.25) is 18.7 Å². The van der Waals surface area contributed by atoms with Crippen LogP contribution in [0.3, 0.4) is 0 Å². The second kappa shape index (κ2) is 20.9. The van der Waals surface area contributed by atoms with Gasteiger partial charge in [-0.15, -0.1) is 26.3 Å². The largest absolute Gasteiger partial charge is 0.573 e. The summed E-state index contributed by atoms with van der Waals surface area (Å²) >= 11 is 19.4. The molecule has 0 fully saturated rings. The Morgan fingerprint density at radius 3 is 1.64 bits per heavy atom. The van der Waals surface area contributed by atoms with Crippen LogP contribution in [0.15, 0.2) is 115 Å². The van der Waals surface area contributed by atoms with Crippen LogP contribution >= 0.6 is 34.8 Å². The van der Waals surface area contributed by atoms with E-state index in [0.717, 1.165) is 24.3 Å². The Balaban J connectivity index is 1.24. The summed E-state index contributed by atoms with van der Waals surface area (Å²) in [6.45, 7) is 5.82. The summed E-state index contributed by atoms with van der Waals surface area (Å²) in [7, 11) is 0. The summed E-state index contributed by atoms with van der Waals surface area (Å²) in [5.74, 6) is -4.70. The lowest BCUT2D eigenvalue weighted by molar-refractivity contribution is -0.275. The quantitative estimate of drug-likeness (QED) is 0.0948. The summed E-state index contributed by atoms with van der Waals surface area (Å²) in [5, 5.41) is 20.0. The Bertz CT molecular complexity index is 3610. The smallest absolute Gasteiger partial charge is 0.479 e. The van der Waals surface area contributed by atoms with Crippen molar-refractivity contribution in [3.05, 3.63) is 175 Å². The molecule has 388 valence electrons.